The van der Waals surface area contributed by atoms with Gasteiger partial charge in [-0.15, -0.1) is 6.58 Å². The third-order valence-electron chi connectivity index (χ3n) is 1.33. The van der Waals surface area contributed by atoms with Crippen molar-refractivity contribution >= 4 is 28.5 Å². The van der Waals surface area contributed by atoms with E-state index in [1.165, 1.54) is 11.8 Å². The third-order valence-corrected chi connectivity index (χ3v) is 2.66. The minimum atomic E-state index is -0.986. The summed E-state index contributed by atoms with van der Waals surface area (Å²) in [7, 11) is 0. The second-order valence-electron chi connectivity index (χ2n) is 2.27. The summed E-state index contributed by atoms with van der Waals surface area (Å²) in [6, 6.07) is 2.06. The molecule has 0 radical (unpaired) electrons. The second kappa shape index (κ2) is 4.35. The van der Waals surface area contributed by atoms with E-state index in [4.69, 9.17) is 16.9 Å². The molecule has 0 fully saturated rings. The zero-order chi connectivity index (χ0) is 9.73. The SMILES string of the molecule is C=CCSC1(C#N)N=C(Cl)C=CN1. The highest BCUT2D eigenvalue weighted by atomic mass is 35.5. The molecule has 1 unspecified atom stereocenters. The van der Waals surface area contributed by atoms with Crippen molar-refractivity contribution in [1.29, 1.82) is 5.26 Å². The molecule has 13 heavy (non-hydrogen) atoms. The van der Waals surface area contributed by atoms with Crippen molar-refractivity contribution in [1.82, 2.24) is 5.32 Å². The molecule has 1 N–H and O–H groups in total. The Morgan fingerprint density at radius 1 is 1.92 bits per heavy atom. The van der Waals surface area contributed by atoms with Crippen molar-refractivity contribution in [2.75, 3.05) is 5.75 Å². The van der Waals surface area contributed by atoms with Crippen LogP contribution in [0.15, 0.2) is 29.9 Å². The van der Waals surface area contributed by atoms with Gasteiger partial charge in [0.15, 0.2) is 0 Å². The highest BCUT2D eigenvalue weighted by Crippen LogP contribution is 2.26. The van der Waals surface area contributed by atoms with Crippen LogP contribution >= 0.6 is 23.4 Å². The van der Waals surface area contributed by atoms with Crippen LogP contribution in [0.3, 0.4) is 0 Å². The minimum absolute atomic E-state index is 0.330. The van der Waals surface area contributed by atoms with E-state index in [2.05, 4.69) is 23.0 Å². The number of halogens is 1. The molecule has 0 saturated heterocycles. The molecule has 3 nitrogen and oxygen atoms in total. The lowest BCUT2D eigenvalue weighted by molar-refractivity contribution is 0.685. The van der Waals surface area contributed by atoms with Crippen LogP contribution in [0, 0.1) is 11.3 Å². The second-order valence-corrected chi connectivity index (χ2v) is 3.87. The predicted octanol–water partition coefficient (Wildman–Crippen LogP) is 1.84. The van der Waals surface area contributed by atoms with Crippen LogP contribution in [0.4, 0.5) is 0 Å². The first-order valence-electron chi connectivity index (χ1n) is 3.58. The van der Waals surface area contributed by atoms with Gasteiger partial charge in [0.05, 0.1) is 0 Å². The number of thioether (sulfide) groups is 1. The van der Waals surface area contributed by atoms with Crippen LogP contribution in [0.2, 0.25) is 0 Å². The Kier molecular flexibility index (Phi) is 3.40. The molecule has 1 rings (SSSR count). The average molecular weight is 214 g/mol. The molecular weight excluding hydrogens is 206 g/mol. The summed E-state index contributed by atoms with van der Waals surface area (Å²) in [4.78, 5) is 3.02. The summed E-state index contributed by atoms with van der Waals surface area (Å²) in [5, 5.41) is 12.1. The van der Waals surface area contributed by atoms with Gasteiger partial charge in [0.2, 0.25) is 0 Å². The number of aliphatic imine (C=N–C) groups is 1. The normalized spacial score (nSPS) is 25.7. The van der Waals surface area contributed by atoms with E-state index < -0.39 is 4.99 Å². The highest BCUT2D eigenvalue weighted by molar-refractivity contribution is 8.01. The third kappa shape index (κ3) is 2.51. The van der Waals surface area contributed by atoms with Gasteiger partial charge in [-0.3, -0.25) is 0 Å². The maximum absolute atomic E-state index is 8.92. The molecule has 0 spiro atoms. The van der Waals surface area contributed by atoms with Crippen molar-refractivity contribution < 1.29 is 0 Å². The van der Waals surface area contributed by atoms with E-state index in [0.717, 1.165) is 0 Å². The molecule has 0 bridgehead atoms. The quantitative estimate of drug-likeness (QED) is 0.728. The van der Waals surface area contributed by atoms with Gasteiger partial charge in [0.25, 0.3) is 4.99 Å². The van der Waals surface area contributed by atoms with Gasteiger partial charge in [-0.05, 0) is 6.08 Å². The van der Waals surface area contributed by atoms with Gasteiger partial charge in [0.1, 0.15) is 11.2 Å². The monoisotopic (exact) mass is 213 g/mol. The number of nitrogens with one attached hydrogen (secondary N) is 1. The van der Waals surface area contributed by atoms with Crippen molar-refractivity contribution in [2.45, 2.75) is 4.99 Å². The summed E-state index contributed by atoms with van der Waals surface area (Å²) in [6.45, 7) is 3.57. The van der Waals surface area contributed by atoms with Crippen LogP contribution in [0.1, 0.15) is 0 Å². The number of allylic oxidation sites excluding steroid dienone is 1. The van der Waals surface area contributed by atoms with E-state index in [-0.39, 0.29) is 0 Å². The largest absolute Gasteiger partial charge is 0.347 e. The summed E-state index contributed by atoms with van der Waals surface area (Å²) in [5.41, 5.74) is 0. The van der Waals surface area contributed by atoms with Gasteiger partial charge < -0.3 is 5.32 Å². The molecule has 1 aliphatic rings. The van der Waals surface area contributed by atoms with E-state index in [1.54, 1.807) is 18.4 Å². The van der Waals surface area contributed by atoms with E-state index in [9.17, 15) is 0 Å². The van der Waals surface area contributed by atoms with Crippen molar-refractivity contribution in [2.24, 2.45) is 4.99 Å². The molecule has 1 aliphatic heterocycles. The summed E-state index contributed by atoms with van der Waals surface area (Å²) < 4.78 is 0. The van der Waals surface area contributed by atoms with Crippen LogP contribution < -0.4 is 5.32 Å². The van der Waals surface area contributed by atoms with E-state index in [0.29, 0.717) is 10.9 Å². The molecule has 1 heterocycles. The fourth-order valence-corrected chi connectivity index (χ4v) is 1.76. The molecule has 0 aromatic carbocycles. The lowest BCUT2D eigenvalue weighted by atomic mass is 10.4. The van der Waals surface area contributed by atoms with E-state index in [1.807, 2.05) is 0 Å². The Morgan fingerprint density at radius 3 is 3.23 bits per heavy atom. The van der Waals surface area contributed by atoms with Crippen LogP contribution in [-0.4, -0.2) is 15.9 Å². The first-order chi connectivity index (χ1) is 6.22. The Balaban J connectivity index is 2.77. The maximum Gasteiger partial charge on any atom is 0.268 e. The summed E-state index contributed by atoms with van der Waals surface area (Å²) >= 11 is 7.03. The van der Waals surface area contributed by atoms with E-state index >= 15 is 0 Å². The first-order valence-corrected chi connectivity index (χ1v) is 4.94. The fourth-order valence-electron chi connectivity index (χ4n) is 0.786. The summed E-state index contributed by atoms with van der Waals surface area (Å²) in [5.74, 6) is 0.641. The van der Waals surface area contributed by atoms with Crippen molar-refractivity contribution in [3.05, 3.63) is 24.9 Å². The standard InChI is InChI=1S/C8H8ClN3S/c1-2-5-13-8(6-10)11-4-3-7(9)12-8/h2-4,11H,1,5H2. The Hall–Kier alpha value is -0.920. The molecule has 1 atom stereocenters. The summed E-state index contributed by atoms with van der Waals surface area (Å²) in [6.07, 6.45) is 4.94. The first kappa shape index (κ1) is 10.2. The minimum Gasteiger partial charge on any atom is -0.347 e. The maximum atomic E-state index is 8.92. The van der Waals surface area contributed by atoms with Crippen LogP contribution in [0.5, 0.6) is 0 Å². The molecule has 68 valence electrons. The number of hydrogen-bond donors (Lipinski definition) is 1. The molecule has 0 saturated carbocycles. The predicted molar refractivity (Wildman–Crippen MR) is 56.6 cm³/mol. The fraction of sp³-hybridized carbons (Fsp3) is 0.250. The Bertz CT molecular complexity index is 305. The number of hydrogen-bond acceptors (Lipinski definition) is 4. The highest BCUT2D eigenvalue weighted by Gasteiger charge is 2.29. The zero-order valence-electron chi connectivity index (χ0n) is 6.83. The van der Waals surface area contributed by atoms with Gasteiger partial charge in [0, 0.05) is 12.0 Å². The zero-order valence-corrected chi connectivity index (χ0v) is 8.40. The smallest absolute Gasteiger partial charge is 0.268 e. The molecule has 0 aliphatic carbocycles. The van der Waals surface area contributed by atoms with Crippen molar-refractivity contribution in [3.8, 4) is 6.07 Å². The lowest BCUT2D eigenvalue weighted by Crippen LogP contribution is -2.38. The van der Waals surface area contributed by atoms with Gasteiger partial charge >= 0.3 is 0 Å². The van der Waals surface area contributed by atoms with Crippen molar-refractivity contribution in [3.63, 3.8) is 0 Å². The number of nitriles is 1. The topological polar surface area (TPSA) is 48.2 Å². The van der Waals surface area contributed by atoms with Gasteiger partial charge in [-0.2, -0.15) is 5.26 Å². The molecule has 0 aromatic heterocycles. The van der Waals surface area contributed by atoms with Crippen LogP contribution in [-0.2, 0) is 0 Å². The van der Waals surface area contributed by atoms with Crippen LogP contribution in [0.25, 0.3) is 0 Å². The Labute approximate surface area is 86.2 Å². The lowest BCUT2D eigenvalue weighted by Gasteiger charge is -2.23. The number of nitrogens with zero attached hydrogens (tertiary/aromatic N) is 2. The Morgan fingerprint density at radius 2 is 2.69 bits per heavy atom. The number of rotatable bonds is 3. The van der Waals surface area contributed by atoms with Gasteiger partial charge in [-0.25, -0.2) is 4.99 Å². The molecular formula is C8H8ClN3S. The molecule has 5 heteroatoms. The molecule has 0 amide bonds. The molecule has 0 aromatic rings. The van der Waals surface area contributed by atoms with Gasteiger partial charge in [-0.1, -0.05) is 29.4 Å². The average Bonchev–Trinajstić information content (AvgIpc) is 2.15.